The number of rotatable bonds is 10. The summed E-state index contributed by atoms with van der Waals surface area (Å²) in [6.45, 7) is 6.97. The standard InChI is InChI=1S/C24H33N5O3S/c1-24(2)31-13-19(20(32-24)14-33-3)10-26-9-18-11-29(22-21(18)27-15-28-23(22)25)16-30-12-17-7-5-4-6-8-17/h4-8,11,15,19-20,26H,9-10,12-14,16H2,1-3H3,(H2,25,27,28)/t19-,20?/m1/s1. The molecular weight excluding hydrogens is 438 g/mol. The van der Waals surface area contributed by atoms with Crippen LogP contribution in [0.3, 0.4) is 0 Å². The van der Waals surface area contributed by atoms with E-state index in [-0.39, 0.29) is 12.0 Å². The molecule has 33 heavy (non-hydrogen) atoms. The molecule has 1 aliphatic heterocycles. The molecule has 1 aliphatic rings. The number of anilines is 1. The number of benzene rings is 1. The molecule has 9 heteroatoms. The van der Waals surface area contributed by atoms with Crippen LogP contribution >= 0.6 is 11.8 Å². The van der Waals surface area contributed by atoms with Crippen LogP contribution in [-0.2, 0) is 34.1 Å². The number of aromatic nitrogens is 3. The Balaban J connectivity index is 1.41. The highest BCUT2D eigenvalue weighted by Crippen LogP contribution is 2.28. The first-order chi connectivity index (χ1) is 16.0. The molecule has 0 spiro atoms. The molecule has 2 aromatic heterocycles. The van der Waals surface area contributed by atoms with Crippen molar-refractivity contribution in [3.8, 4) is 0 Å². The van der Waals surface area contributed by atoms with Crippen molar-refractivity contribution in [3.05, 3.63) is 54.0 Å². The number of fused-ring (bicyclic) bond motifs is 1. The predicted molar refractivity (Wildman–Crippen MR) is 132 cm³/mol. The van der Waals surface area contributed by atoms with Gasteiger partial charge < -0.3 is 29.8 Å². The van der Waals surface area contributed by atoms with Gasteiger partial charge >= 0.3 is 0 Å². The van der Waals surface area contributed by atoms with E-state index >= 15 is 0 Å². The van der Waals surface area contributed by atoms with Gasteiger partial charge in [-0.15, -0.1) is 0 Å². The molecular formula is C24H33N5O3S. The van der Waals surface area contributed by atoms with Crippen LogP contribution < -0.4 is 11.1 Å². The molecule has 3 heterocycles. The van der Waals surface area contributed by atoms with Crippen molar-refractivity contribution in [1.29, 1.82) is 0 Å². The first-order valence-corrected chi connectivity index (χ1v) is 12.6. The van der Waals surface area contributed by atoms with E-state index in [4.69, 9.17) is 19.9 Å². The van der Waals surface area contributed by atoms with Crippen molar-refractivity contribution < 1.29 is 14.2 Å². The second-order valence-electron chi connectivity index (χ2n) is 8.76. The van der Waals surface area contributed by atoms with E-state index in [1.54, 1.807) is 11.8 Å². The first-order valence-electron chi connectivity index (χ1n) is 11.2. The van der Waals surface area contributed by atoms with E-state index in [0.29, 0.717) is 32.3 Å². The number of nitrogens with two attached hydrogens (primary N) is 1. The van der Waals surface area contributed by atoms with Crippen molar-refractivity contribution in [2.24, 2.45) is 5.92 Å². The SMILES string of the molecule is CSCC1OC(C)(C)OC[C@H]1CNCc1cn(COCc2ccccc2)c2c(N)ncnc12. The van der Waals surface area contributed by atoms with Crippen LogP contribution in [0.1, 0.15) is 25.0 Å². The molecule has 8 nitrogen and oxygen atoms in total. The van der Waals surface area contributed by atoms with Gasteiger partial charge in [0.1, 0.15) is 18.6 Å². The lowest BCUT2D eigenvalue weighted by Gasteiger charge is -2.41. The summed E-state index contributed by atoms with van der Waals surface area (Å²) in [6.07, 6.45) is 5.82. The Kier molecular flexibility index (Phi) is 7.87. The molecule has 3 N–H and O–H groups in total. The van der Waals surface area contributed by atoms with Gasteiger partial charge in [-0.3, -0.25) is 0 Å². The molecule has 2 atom stereocenters. The van der Waals surface area contributed by atoms with Crippen molar-refractivity contribution in [2.45, 2.75) is 45.6 Å². The molecule has 1 fully saturated rings. The van der Waals surface area contributed by atoms with Crippen LogP contribution in [0.4, 0.5) is 5.82 Å². The molecule has 0 aliphatic carbocycles. The minimum Gasteiger partial charge on any atom is -0.382 e. The smallest absolute Gasteiger partial charge is 0.163 e. The van der Waals surface area contributed by atoms with Crippen LogP contribution in [0.25, 0.3) is 11.0 Å². The summed E-state index contributed by atoms with van der Waals surface area (Å²) in [5, 5.41) is 3.57. The number of thioether (sulfide) groups is 1. The zero-order valence-electron chi connectivity index (χ0n) is 19.5. The number of nitrogens with one attached hydrogen (secondary N) is 1. The molecule has 0 bridgehead atoms. The zero-order chi connectivity index (χ0) is 23.3. The van der Waals surface area contributed by atoms with Gasteiger partial charge in [0.25, 0.3) is 0 Å². The summed E-state index contributed by atoms with van der Waals surface area (Å²) in [5.41, 5.74) is 10.0. The Labute approximate surface area is 199 Å². The van der Waals surface area contributed by atoms with Gasteiger partial charge in [-0.05, 0) is 25.7 Å². The molecule has 0 amide bonds. The highest BCUT2D eigenvalue weighted by atomic mass is 32.2. The number of ether oxygens (including phenoxy) is 3. The molecule has 1 saturated heterocycles. The number of nitrogen functional groups attached to an aromatic ring is 1. The third-order valence-corrected chi connectivity index (χ3v) is 6.42. The van der Waals surface area contributed by atoms with Crippen LogP contribution in [-0.4, -0.2) is 51.6 Å². The lowest BCUT2D eigenvalue weighted by Crippen LogP contribution is -2.49. The second-order valence-corrected chi connectivity index (χ2v) is 9.67. The number of hydrogen-bond acceptors (Lipinski definition) is 8. The summed E-state index contributed by atoms with van der Waals surface area (Å²) in [7, 11) is 0. The van der Waals surface area contributed by atoms with E-state index in [1.165, 1.54) is 6.33 Å². The van der Waals surface area contributed by atoms with Crippen LogP contribution in [0, 0.1) is 5.92 Å². The summed E-state index contributed by atoms with van der Waals surface area (Å²) in [6, 6.07) is 10.1. The molecule has 4 rings (SSSR count). The first kappa shape index (κ1) is 24.0. The molecule has 0 saturated carbocycles. The fourth-order valence-corrected chi connectivity index (χ4v) is 4.79. The lowest BCUT2D eigenvalue weighted by atomic mass is 10.0. The van der Waals surface area contributed by atoms with Crippen molar-refractivity contribution >= 4 is 28.6 Å². The van der Waals surface area contributed by atoms with Crippen LogP contribution in [0.2, 0.25) is 0 Å². The molecule has 3 aromatic rings. The van der Waals surface area contributed by atoms with E-state index in [2.05, 4.69) is 21.5 Å². The molecule has 0 radical (unpaired) electrons. The summed E-state index contributed by atoms with van der Waals surface area (Å²) in [4.78, 5) is 8.68. The highest BCUT2D eigenvalue weighted by molar-refractivity contribution is 7.98. The maximum atomic E-state index is 6.19. The van der Waals surface area contributed by atoms with Crippen LogP contribution in [0.15, 0.2) is 42.9 Å². The molecule has 178 valence electrons. The Morgan fingerprint density at radius 1 is 1.27 bits per heavy atom. The van der Waals surface area contributed by atoms with E-state index in [9.17, 15) is 0 Å². The Hall–Kier alpha value is -2.17. The van der Waals surface area contributed by atoms with Gasteiger partial charge in [0.05, 0.1) is 24.8 Å². The van der Waals surface area contributed by atoms with Crippen molar-refractivity contribution in [1.82, 2.24) is 19.9 Å². The fourth-order valence-electron chi connectivity index (χ4n) is 4.12. The second kappa shape index (κ2) is 10.8. The average Bonchev–Trinajstić information content (AvgIpc) is 3.15. The highest BCUT2D eigenvalue weighted by Gasteiger charge is 2.35. The Morgan fingerprint density at radius 3 is 2.88 bits per heavy atom. The monoisotopic (exact) mass is 471 g/mol. The minimum absolute atomic E-state index is 0.155. The van der Waals surface area contributed by atoms with Gasteiger partial charge in [0.15, 0.2) is 11.6 Å². The maximum Gasteiger partial charge on any atom is 0.163 e. The van der Waals surface area contributed by atoms with E-state index in [1.807, 2.05) is 54.9 Å². The van der Waals surface area contributed by atoms with Gasteiger partial charge in [0.2, 0.25) is 0 Å². The maximum absolute atomic E-state index is 6.19. The average molecular weight is 472 g/mol. The van der Waals surface area contributed by atoms with Crippen molar-refractivity contribution in [2.75, 3.05) is 30.9 Å². The van der Waals surface area contributed by atoms with E-state index < -0.39 is 5.79 Å². The topological polar surface area (TPSA) is 96.5 Å². The van der Waals surface area contributed by atoms with Crippen molar-refractivity contribution in [3.63, 3.8) is 0 Å². The Bertz CT molecular complexity index is 1040. The van der Waals surface area contributed by atoms with Gasteiger partial charge in [-0.1, -0.05) is 30.3 Å². The predicted octanol–water partition coefficient (Wildman–Crippen LogP) is 3.41. The van der Waals surface area contributed by atoms with E-state index in [0.717, 1.165) is 34.5 Å². The summed E-state index contributed by atoms with van der Waals surface area (Å²) < 4.78 is 20.0. The summed E-state index contributed by atoms with van der Waals surface area (Å²) >= 11 is 1.80. The fraction of sp³-hybridized carbons (Fsp3) is 0.500. The number of nitrogens with zero attached hydrogens (tertiary/aromatic N) is 3. The summed E-state index contributed by atoms with van der Waals surface area (Å²) in [5.74, 6) is 1.15. The molecule has 1 unspecified atom stereocenters. The van der Waals surface area contributed by atoms with Gasteiger partial charge in [0, 0.05) is 36.5 Å². The molecule has 1 aromatic carbocycles. The third-order valence-electron chi connectivity index (χ3n) is 5.75. The zero-order valence-corrected chi connectivity index (χ0v) is 20.3. The third kappa shape index (κ3) is 6.04. The normalized spacial score (nSPS) is 20.3. The van der Waals surface area contributed by atoms with Gasteiger partial charge in [-0.2, -0.15) is 11.8 Å². The van der Waals surface area contributed by atoms with Gasteiger partial charge in [-0.25, -0.2) is 9.97 Å². The Morgan fingerprint density at radius 2 is 2.09 bits per heavy atom. The number of hydrogen-bond donors (Lipinski definition) is 2. The minimum atomic E-state index is -0.529. The quantitative estimate of drug-likeness (QED) is 0.464. The largest absolute Gasteiger partial charge is 0.382 e. The van der Waals surface area contributed by atoms with Crippen LogP contribution in [0.5, 0.6) is 0 Å². The lowest BCUT2D eigenvalue weighted by molar-refractivity contribution is -0.286.